The molecule has 3 unspecified atom stereocenters. The summed E-state index contributed by atoms with van der Waals surface area (Å²) >= 11 is 0. The number of nitrogens with two attached hydrogens (primary N) is 1. The van der Waals surface area contributed by atoms with E-state index in [9.17, 15) is 28.9 Å². The summed E-state index contributed by atoms with van der Waals surface area (Å²) in [6.07, 6.45) is 0.218. The summed E-state index contributed by atoms with van der Waals surface area (Å²) in [4.78, 5) is 48.6. The summed E-state index contributed by atoms with van der Waals surface area (Å²) in [6.45, 7) is 3.59. The van der Waals surface area contributed by atoms with Gasteiger partial charge in [0, 0.05) is 12.8 Å². The van der Waals surface area contributed by atoms with Crippen molar-refractivity contribution < 1.29 is 33.5 Å². The fraction of sp³-hybridized carbons (Fsp3) is 0.464. The van der Waals surface area contributed by atoms with Crippen LogP contribution >= 0.6 is 7.60 Å². The molecule has 10 nitrogen and oxygen atoms in total. The number of amides is 2. The van der Waals surface area contributed by atoms with E-state index in [0.29, 0.717) is 25.8 Å². The van der Waals surface area contributed by atoms with Gasteiger partial charge in [-0.05, 0) is 49.3 Å². The topological polar surface area (TPSA) is 168 Å². The molecule has 214 valence electrons. The largest absolute Gasteiger partial charge is 0.479 e. The maximum absolute atomic E-state index is 13.4. The molecule has 4 atom stereocenters. The maximum Gasteiger partial charge on any atom is 0.351 e. The average Bonchev–Trinajstić information content (AvgIpc) is 2.90. The van der Waals surface area contributed by atoms with E-state index in [4.69, 9.17) is 10.3 Å². The lowest BCUT2D eigenvalue weighted by Crippen LogP contribution is -2.52. The number of carboxylic acid groups (broad SMARTS) is 1. The Morgan fingerprint density at radius 3 is 2.08 bits per heavy atom. The number of hydrogen-bond donors (Lipinski definition) is 5. The van der Waals surface area contributed by atoms with Crippen molar-refractivity contribution in [3.05, 3.63) is 71.8 Å². The number of carboxylic acids is 1. The van der Waals surface area contributed by atoms with Crippen molar-refractivity contribution in [1.29, 1.82) is 0 Å². The highest BCUT2D eigenvalue weighted by Gasteiger charge is 2.41. The standard InChI is InChI=1S/C28H40N3O7P/c1-20(2)27(39(36,37)38-24(28(34)35)15-9-10-18-29)31-26(33)23(19-22-13-7-4-8-14-22)30-25(32)17-16-21-11-5-3-6-12-21/h3-8,11-14,20,23-24,27H,9-10,15-19,29H2,1-2H3,(H,30,32)(H,31,33)(H,34,35)(H,36,37)/t23-,24?,27?/m0/s1. The highest BCUT2D eigenvalue weighted by molar-refractivity contribution is 7.53. The number of nitrogens with one attached hydrogen (secondary N) is 2. The monoisotopic (exact) mass is 561 g/mol. The summed E-state index contributed by atoms with van der Waals surface area (Å²) in [5.74, 6) is -4.35. The molecule has 2 rings (SSSR count). The van der Waals surface area contributed by atoms with Crippen LogP contribution in [0.5, 0.6) is 0 Å². The molecule has 0 spiro atoms. The highest BCUT2D eigenvalue weighted by atomic mass is 31.2. The van der Waals surface area contributed by atoms with Gasteiger partial charge in [-0.2, -0.15) is 0 Å². The number of aryl methyl sites for hydroxylation is 1. The van der Waals surface area contributed by atoms with Crippen molar-refractivity contribution >= 4 is 25.4 Å². The van der Waals surface area contributed by atoms with E-state index in [1.54, 1.807) is 13.8 Å². The number of benzene rings is 2. The van der Waals surface area contributed by atoms with Crippen LogP contribution in [0.3, 0.4) is 0 Å². The van der Waals surface area contributed by atoms with Gasteiger partial charge >= 0.3 is 13.6 Å². The Morgan fingerprint density at radius 2 is 1.54 bits per heavy atom. The van der Waals surface area contributed by atoms with Crippen LogP contribution in [0, 0.1) is 5.92 Å². The van der Waals surface area contributed by atoms with Gasteiger partial charge in [0.05, 0.1) is 0 Å². The first kappa shape index (κ1) is 32.2. The van der Waals surface area contributed by atoms with Gasteiger partial charge in [0.15, 0.2) is 6.10 Å². The second-order valence-corrected chi connectivity index (χ2v) is 11.7. The number of rotatable bonds is 17. The molecular weight excluding hydrogens is 521 g/mol. The Balaban J connectivity index is 2.17. The lowest BCUT2D eigenvalue weighted by molar-refractivity contribution is -0.145. The van der Waals surface area contributed by atoms with Gasteiger partial charge in [-0.15, -0.1) is 0 Å². The van der Waals surface area contributed by atoms with Crippen molar-refractivity contribution in [2.75, 3.05) is 6.54 Å². The van der Waals surface area contributed by atoms with Gasteiger partial charge in [-0.25, -0.2) is 4.79 Å². The second-order valence-electron chi connectivity index (χ2n) is 9.77. The molecule has 6 N–H and O–H groups in total. The summed E-state index contributed by atoms with van der Waals surface area (Å²) in [5, 5.41) is 14.8. The number of unbranched alkanes of at least 4 members (excludes halogenated alkanes) is 1. The van der Waals surface area contributed by atoms with Gasteiger partial charge < -0.3 is 26.4 Å². The summed E-state index contributed by atoms with van der Waals surface area (Å²) in [5.41, 5.74) is 7.23. The molecule has 0 aliphatic rings. The molecule has 0 saturated heterocycles. The van der Waals surface area contributed by atoms with Crippen molar-refractivity contribution in [3.8, 4) is 0 Å². The van der Waals surface area contributed by atoms with E-state index < -0.39 is 43.3 Å². The molecule has 2 aromatic rings. The first-order chi connectivity index (χ1) is 18.5. The van der Waals surface area contributed by atoms with Crippen LogP contribution in [0.2, 0.25) is 0 Å². The molecule has 0 aliphatic carbocycles. The summed E-state index contributed by atoms with van der Waals surface area (Å²) in [6, 6.07) is 17.5. The zero-order valence-corrected chi connectivity index (χ0v) is 23.4. The molecule has 0 fully saturated rings. The third-order valence-electron chi connectivity index (χ3n) is 6.17. The third-order valence-corrected chi connectivity index (χ3v) is 8.15. The van der Waals surface area contributed by atoms with Crippen LogP contribution in [0.25, 0.3) is 0 Å². The Kier molecular flexibility index (Phi) is 13.3. The lowest BCUT2D eigenvalue weighted by Gasteiger charge is -2.30. The number of carbonyl (C=O) groups excluding carboxylic acids is 2. The molecule has 0 saturated carbocycles. The Hall–Kier alpha value is -3.04. The molecule has 2 amide bonds. The first-order valence-electron chi connectivity index (χ1n) is 13.1. The van der Waals surface area contributed by atoms with Crippen LogP contribution in [0.1, 0.15) is 50.7 Å². The third kappa shape index (κ3) is 11.3. The van der Waals surface area contributed by atoms with Crippen LogP contribution in [0.4, 0.5) is 0 Å². The van der Waals surface area contributed by atoms with Crippen molar-refractivity contribution in [2.24, 2.45) is 11.7 Å². The Bertz CT molecular complexity index is 1100. The van der Waals surface area contributed by atoms with Gasteiger partial charge in [0.1, 0.15) is 11.8 Å². The molecule has 0 heterocycles. The molecule has 2 aromatic carbocycles. The van der Waals surface area contributed by atoms with E-state index in [1.165, 1.54) is 0 Å². The van der Waals surface area contributed by atoms with Gasteiger partial charge in [0.2, 0.25) is 11.8 Å². The Labute approximate surface area is 229 Å². The normalized spacial score (nSPS) is 15.1. The van der Waals surface area contributed by atoms with E-state index >= 15 is 0 Å². The quantitative estimate of drug-likeness (QED) is 0.145. The van der Waals surface area contributed by atoms with Gasteiger partial charge in [-0.1, -0.05) is 74.5 Å². The van der Waals surface area contributed by atoms with Crippen molar-refractivity contribution in [2.45, 2.75) is 70.3 Å². The van der Waals surface area contributed by atoms with Crippen LogP contribution < -0.4 is 16.4 Å². The van der Waals surface area contributed by atoms with E-state index in [1.807, 2.05) is 60.7 Å². The fourth-order valence-corrected chi connectivity index (χ4v) is 5.78. The van der Waals surface area contributed by atoms with Crippen LogP contribution in [0.15, 0.2) is 60.7 Å². The van der Waals surface area contributed by atoms with Crippen LogP contribution in [-0.2, 0) is 36.3 Å². The minimum absolute atomic E-state index is 0.00392. The predicted molar refractivity (Wildman–Crippen MR) is 149 cm³/mol. The van der Waals surface area contributed by atoms with Crippen LogP contribution in [-0.4, -0.2) is 52.3 Å². The van der Waals surface area contributed by atoms with E-state index in [-0.39, 0.29) is 25.2 Å². The molecule has 0 bridgehead atoms. The second kappa shape index (κ2) is 16.2. The zero-order valence-electron chi connectivity index (χ0n) is 22.5. The lowest BCUT2D eigenvalue weighted by atomic mass is 10.0. The smallest absolute Gasteiger partial charge is 0.351 e. The Morgan fingerprint density at radius 1 is 0.949 bits per heavy atom. The van der Waals surface area contributed by atoms with Gasteiger partial charge in [-0.3, -0.25) is 18.7 Å². The minimum Gasteiger partial charge on any atom is -0.479 e. The minimum atomic E-state index is -4.64. The number of carbonyl (C=O) groups is 3. The molecular formula is C28H40N3O7P. The molecule has 39 heavy (non-hydrogen) atoms. The number of aliphatic carboxylic acids is 1. The molecule has 0 radical (unpaired) electrons. The van der Waals surface area contributed by atoms with E-state index in [0.717, 1.165) is 11.1 Å². The maximum atomic E-state index is 13.4. The average molecular weight is 562 g/mol. The van der Waals surface area contributed by atoms with Crippen molar-refractivity contribution in [1.82, 2.24) is 10.6 Å². The SMILES string of the molecule is CC(C)C(NC(=O)[C@H](Cc1ccccc1)NC(=O)CCc1ccccc1)P(=O)(O)OC(CCCCN)C(=O)O. The predicted octanol–water partition coefficient (Wildman–Crippen LogP) is 3.23. The van der Waals surface area contributed by atoms with Gasteiger partial charge in [0.25, 0.3) is 0 Å². The zero-order chi connectivity index (χ0) is 28.8. The summed E-state index contributed by atoms with van der Waals surface area (Å²) in [7, 11) is -4.64. The molecule has 11 heteroatoms. The first-order valence-corrected chi connectivity index (χ1v) is 14.8. The highest BCUT2D eigenvalue weighted by Crippen LogP contribution is 2.50. The number of hydrogen-bond acceptors (Lipinski definition) is 6. The fourth-order valence-electron chi connectivity index (χ4n) is 4.04. The van der Waals surface area contributed by atoms with E-state index in [2.05, 4.69) is 10.6 Å². The molecule has 0 aromatic heterocycles. The summed E-state index contributed by atoms with van der Waals surface area (Å²) < 4.78 is 18.4. The van der Waals surface area contributed by atoms with Crippen molar-refractivity contribution in [3.63, 3.8) is 0 Å². The molecule has 0 aliphatic heterocycles.